The van der Waals surface area contributed by atoms with Crippen molar-refractivity contribution < 1.29 is 9.47 Å². The number of rotatable bonds is 2. The van der Waals surface area contributed by atoms with Crippen LogP contribution in [0.15, 0.2) is 33.6 Å². The van der Waals surface area contributed by atoms with E-state index in [9.17, 15) is 0 Å². The Morgan fingerprint density at radius 1 is 1.17 bits per heavy atom. The van der Waals surface area contributed by atoms with Gasteiger partial charge in [0.25, 0.3) is 0 Å². The predicted octanol–water partition coefficient (Wildman–Crippen LogP) is 4.40. The van der Waals surface area contributed by atoms with Crippen molar-refractivity contribution >= 4 is 28.1 Å². The van der Waals surface area contributed by atoms with Gasteiger partial charge >= 0.3 is 0 Å². The summed E-state index contributed by atoms with van der Waals surface area (Å²) in [5, 5.41) is 4.64. The van der Waals surface area contributed by atoms with Crippen LogP contribution < -0.4 is 9.47 Å². The highest BCUT2D eigenvalue weighted by molar-refractivity contribution is 8.01. The molecule has 4 rings (SSSR count). The molecule has 0 aliphatic carbocycles. The quantitative estimate of drug-likeness (QED) is 0.677. The van der Waals surface area contributed by atoms with E-state index in [1.165, 1.54) is 0 Å². The Labute approximate surface area is 149 Å². The number of nitrogens with zero attached hydrogens (tertiary/aromatic N) is 3. The number of benzene rings is 1. The fourth-order valence-corrected chi connectivity index (χ4v) is 4.32. The highest BCUT2D eigenvalue weighted by Gasteiger charge is 2.20. The van der Waals surface area contributed by atoms with E-state index in [4.69, 9.17) is 9.47 Å². The molecule has 0 saturated carbocycles. The van der Waals surface area contributed by atoms with Gasteiger partial charge in [0.1, 0.15) is 0 Å². The van der Waals surface area contributed by atoms with Gasteiger partial charge < -0.3 is 9.47 Å². The summed E-state index contributed by atoms with van der Waals surface area (Å²) in [6, 6.07) is 6.04. The molecule has 0 atom stereocenters. The van der Waals surface area contributed by atoms with Crippen molar-refractivity contribution in [1.82, 2.24) is 14.6 Å². The molecule has 7 heteroatoms. The van der Waals surface area contributed by atoms with Crippen LogP contribution in [0.2, 0.25) is 0 Å². The van der Waals surface area contributed by atoms with Gasteiger partial charge in [0, 0.05) is 16.7 Å². The molecule has 0 N–H and O–H groups in total. The van der Waals surface area contributed by atoms with Gasteiger partial charge in [0.15, 0.2) is 15.8 Å². The summed E-state index contributed by atoms with van der Waals surface area (Å²) in [6.45, 7) is 7.88. The average Bonchev–Trinajstić information content (AvgIpc) is 2.98. The molecule has 0 radical (unpaired) electrons. The van der Waals surface area contributed by atoms with Crippen LogP contribution in [0.1, 0.15) is 32.9 Å². The minimum absolute atomic E-state index is 0.0368. The maximum Gasteiger partial charge on any atom is 0.213 e. The van der Waals surface area contributed by atoms with E-state index in [-0.39, 0.29) is 5.41 Å². The van der Waals surface area contributed by atoms with Crippen molar-refractivity contribution in [3.63, 3.8) is 0 Å². The summed E-state index contributed by atoms with van der Waals surface area (Å²) in [6.07, 6.45) is 2.93. The Morgan fingerprint density at radius 3 is 2.71 bits per heavy atom. The summed E-state index contributed by atoms with van der Waals surface area (Å²) >= 11 is 3.22. The van der Waals surface area contributed by atoms with E-state index >= 15 is 0 Å². The summed E-state index contributed by atoms with van der Waals surface area (Å²) in [4.78, 5) is 6.71. The summed E-state index contributed by atoms with van der Waals surface area (Å²) in [5.41, 5.74) is 1.10. The highest BCUT2D eigenvalue weighted by Crippen LogP contribution is 2.38. The molecule has 1 aromatic carbocycles. The van der Waals surface area contributed by atoms with E-state index in [1.807, 2.05) is 28.9 Å². The lowest BCUT2D eigenvalue weighted by Crippen LogP contribution is -2.11. The molecule has 24 heavy (non-hydrogen) atoms. The second-order valence-electron chi connectivity index (χ2n) is 6.73. The standard InChI is InChI=1S/C17H19N3O2S2/c1-17(2,3)14-10-20-15(18-14)24-16(19-20)23-11-5-6-12-13(9-11)22-8-4-7-21-12/h5-6,9-10H,4,7-8H2,1-3H3. The van der Waals surface area contributed by atoms with Crippen LogP contribution in [0.4, 0.5) is 0 Å². The molecule has 0 saturated heterocycles. The third kappa shape index (κ3) is 3.10. The van der Waals surface area contributed by atoms with Crippen LogP contribution >= 0.6 is 23.1 Å². The van der Waals surface area contributed by atoms with Gasteiger partial charge in [-0.1, -0.05) is 43.9 Å². The zero-order valence-electron chi connectivity index (χ0n) is 13.9. The first kappa shape index (κ1) is 15.8. The predicted molar refractivity (Wildman–Crippen MR) is 95.7 cm³/mol. The van der Waals surface area contributed by atoms with Crippen LogP contribution in [0, 0.1) is 0 Å². The number of hydrogen-bond donors (Lipinski definition) is 0. The van der Waals surface area contributed by atoms with E-state index < -0.39 is 0 Å². The topological polar surface area (TPSA) is 48.7 Å². The molecule has 0 spiro atoms. The molecule has 5 nitrogen and oxygen atoms in total. The molecule has 0 bridgehead atoms. The van der Waals surface area contributed by atoms with E-state index in [0.717, 1.165) is 37.8 Å². The number of imidazole rings is 1. The molecule has 1 aliphatic rings. The third-order valence-electron chi connectivity index (χ3n) is 3.72. The Morgan fingerprint density at radius 2 is 1.96 bits per heavy atom. The van der Waals surface area contributed by atoms with Crippen LogP contribution in [0.25, 0.3) is 4.96 Å². The molecule has 2 aromatic heterocycles. The van der Waals surface area contributed by atoms with Gasteiger partial charge in [-0.2, -0.15) is 0 Å². The van der Waals surface area contributed by atoms with E-state index in [1.54, 1.807) is 23.1 Å². The summed E-state index contributed by atoms with van der Waals surface area (Å²) < 4.78 is 14.3. The zero-order valence-corrected chi connectivity index (χ0v) is 15.5. The normalized spacial score (nSPS) is 14.8. The lowest BCUT2D eigenvalue weighted by Gasteiger charge is -2.13. The zero-order chi connectivity index (χ0) is 16.7. The van der Waals surface area contributed by atoms with Crippen molar-refractivity contribution in [3.8, 4) is 11.5 Å². The van der Waals surface area contributed by atoms with Gasteiger partial charge in [-0.15, -0.1) is 5.10 Å². The van der Waals surface area contributed by atoms with Crippen molar-refractivity contribution in [2.24, 2.45) is 0 Å². The molecular formula is C17H19N3O2S2. The highest BCUT2D eigenvalue weighted by atomic mass is 32.2. The molecule has 0 amide bonds. The first-order valence-corrected chi connectivity index (χ1v) is 9.56. The van der Waals surface area contributed by atoms with Crippen LogP contribution in [0.5, 0.6) is 11.5 Å². The number of aromatic nitrogens is 3. The molecule has 126 valence electrons. The maximum absolute atomic E-state index is 5.75. The second kappa shape index (κ2) is 5.97. The van der Waals surface area contributed by atoms with Crippen molar-refractivity contribution in [1.29, 1.82) is 0 Å². The molecule has 3 heterocycles. The average molecular weight is 361 g/mol. The van der Waals surface area contributed by atoms with Crippen LogP contribution in [0.3, 0.4) is 0 Å². The van der Waals surface area contributed by atoms with Gasteiger partial charge in [0.05, 0.1) is 25.1 Å². The summed E-state index contributed by atoms with van der Waals surface area (Å²) in [7, 11) is 0. The van der Waals surface area contributed by atoms with Crippen molar-refractivity contribution in [2.45, 2.75) is 41.8 Å². The minimum Gasteiger partial charge on any atom is -0.490 e. The molecular weight excluding hydrogens is 342 g/mol. The molecule has 1 aliphatic heterocycles. The first-order valence-electron chi connectivity index (χ1n) is 7.93. The third-order valence-corrected chi connectivity index (χ3v) is 5.68. The Kier molecular flexibility index (Phi) is 3.92. The second-order valence-corrected chi connectivity index (χ2v) is 9.01. The lowest BCUT2D eigenvalue weighted by atomic mass is 9.93. The van der Waals surface area contributed by atoms with E-state index in [0.29, 0.717) is 13.2 Å². The Hall–Kier alpha value is -1.73. The molecule has 0 unspecified atom stereocenters. The molecule has 3 aromatic rings. The van der Waals surface area contributed by atoms with Gasteiger partial charge in [-0.3, -0.25) is 0 Å². The number of fused-ring (bicyclic) bond motifs is 2. The Balaban J connectivity index is 1.58. The fourth-order valence-electron chi connectivity index (χ4n) is 2.39. The first-order chi connectivity index (χ1) is 11.5. The fraction of sp³-hybridized carbons (Fsp3) is 0.412. The smallest absolute Gasteiger partial charge is 0.213 e. The number of hydrogen-bond acceptors (Lipinski definition) is 6. The van der Waals surface area contributed by atoms with Gasteiger partial charge in [-0.25, -0.2) is 9.50 Å². The lowest BCUT2D eigenvalue weighted by molar-refractivity contribution is 0.297. The Bertz CT molecular complexity index is 848. The van der Waals surface area contributed by atoms with E-state index in [2.05, 4.69) is 30.9 Å². The van der Waals surface area contributed by atoms with Crippen molar-refractivity contribution in [3.05, 3.63) is 30.1 Å². The maximum atomic E-state index is 5.75. The summed E-state index contributed by atoms with van der Waals surface area (Å²) in [5.74, 6) is 1.63. The minimum atomic E-state index is 0.0368. The van der Waals surface area contributed by atoms with Crippen molar-refractivity contribution in [2.75, 3.05) is 13.2 Å². The van der Waals surface area contributed by atoms with Gasteiger partial charge in [-0.05, 0) is 18.2 Å². The largest absolute Gasteiger partial charge is 0.490 e. The van der Waals surface area contributed by atoms with Gasteiger partial charge in [0.2, 0.25) is 4.96 Å². The monoisotopic (exact) mass is 361 g/mol. The SMILES string of the molecule is CC(C)(C)c1cn2nc(Sc3ccc4c(c3)OCCCO4)sc2n1. The van der Waals surface area contributed by atoms with Crippen LogP contribution in [-0.4, -0.2) is 27.8 Å². The molecule has 0 fully saturated rings. The van der Waals surface area contributed by atoms with Crippen LogP contribution in [-0.2, 0) is 5.41 Å². The number of ether oxygens (including phenoxy) is 2.